The average molecular weight is 403 g/mol. The standard InChI is InChI=1S/C21H26N2O4S/c1-3-27-20-9-5-4-8-18(20)15-22-21(24)17-11-10-16(2)19(14-17)23-12-6-7-13-28(23,25)26/h4-5,8-11,14H,3,6-7,12-13,15H2,1-2H3,(H,22,24). The van der Waals surface area contributed by atoms with Crippen LogP contribution in [0.15, 0.2) is 42.5 Å². The minimum atomic E-state index is -3.32. The van der Waals surface area contributed by atoms with Crippen LogP contribution in [-0.4, -0.2) is 33.2 Å². The number of carbonyl (C=O) groups excluding carboxylic acids is 1. The molecule has 28 heavy (non-hydrogen) atoms. The van der Waals surface area contributed by atoms with Gasteiger partial charge in [0.1, 0.15) is 5.75 Å². The molecule has 1 amide bonds. The van der Waals surface area contributed by atoms with Crippen LogP contribution in [0.4, 0.5) is 5.69 Å². The smallest absolute Gasteiger partial charge is 0.251 e. The lowest BCUT2D eigenvalue weighted by atomic mass is 10.1. The number of hydrogen-bond donors (Lipinski definition) is 1. The lowest BCUT2D eigenvalue weighted by molar-refractivity contribution is 0.0950. The van der Waals surface area contributed by atoms with Crippen molar-refractivity contribution in [2.45, 2.75) is 33.2 Å². The monoisotopic (exact) mass is 402 g/mol. The van der Waals surface area contributed by atoms with Gasteiger partial charge in [0.05, 0.1) is 18.0 Å². The number of nitrogens with one attached hydrogen (secondary N) is 1. The number of anilines is 1. The van der Waals surface area contributed by atoms with Crippen molar-refractivity contribution in [1.82, 2.24) is 5.32 Å². The SMILES string of the molecule is CCOc1ccccc1CNC(=O)c1ccc(C)c(N2CCCCS2(=O)=O)c1. The lowest BCUT2D eigenvalue weighted by Gasteiger charge is -2.29. The first kappa shape index (κ1) is 20.2. The number of sulfonamides is 1. The molecule has 150 valence electrons. The highest BCUT2D eigenvalue weighted by Crippen LogP contribution is 2.28. The summed E-state index contributed by atoms with van der Waals surface area (Å²) in [5.41, 5.74) is 2.75. The minimum absolute atomic E-state index is 0.150. The normalized spacial score (nSPS) is 15.9. The van der Waals surface area contributed by atoms with Gasteiger partial charge in [0.15, 0.2) is 0 Å². The maximum Gasteiger partial charge on any atom is 0.251 e. The van der Waals surface area contributed by atoms with Crippen molar-refractivity contribution >= 4 is 21.6 Å². The van der Waals surface area contributed by atoms with E-state index in [2.05, 4.69) is 5.32 Å². The Kier molecular flexibility index (Phi) is 6.24. The van der Waals surface area contributed by atoms with Gasteiger partial charge in [0, 0.05) is 24.2 Å². The summed E-state index contributed by atoms with van der Waals surface area (Å²) in [6, 6.07) is 12.8. The number of hydrogen-bond acceptors (Lipinski definition) is 4. The number of rotatable bonds is 6. The number of benzene rings is 2. The molecule has 0 radical (unpaired) electrons. The van der Waals surface area contributed by atoms with Crippen LogP contribution in [0.1, 0.15) is 41.3 Å². The summed E-state index contributed by atoms with van der Waals surface area (Å²) in [4.78, 5) is 12.7. The molecule has 1 heterocycles. The van der Waals surface area contributed by atoms with Crippen LogP contribution in [0.25, 0.3) is 0 Å². The van der Waals surface area contributed by atoms with Gasteiger partial charge in [-0.1, -0.05) is 24.3 Å². The summed E-state index contributed by atoms with van der Waals surface area (Å²) < 4.78 is 31.9. The van der Waals surface area contributed by atoms with E-state index in [-0.39, 0.29) is 11.7 Å². The molecule has 0 aliphatic carbocycles. The fraction of sp³-hybridized carbons (Fsp3) is 0.381. The largest absolute Gasteiger partial charge is 0.494 e. The van der Waals surface area contributed by atoms with Crippen LogP contribution in [0.3, 0.4) is 0 Å². The Balaban J connectivity index is 1.78. The Hall–Kier alpha value is -2.54. The van der Waals surface area contributed by atoms with E-state index < -0.39 is 10.0 Å². The highest BCUT2D eigenvalue weighted by Gasteiger charge is 2.27. The van der Waals surface area contributed by atoms with Crippen LogP contribution in [-0.2, 0) is 16.6 Å². The molecule has 0 bridgehead atoms. The van der Waals surface area contributed by atoms with Crippen LogP contribution in [0, 0.1) is 6.92 Å². The van der Waals surface area contributed by atoms with E-state index in [1.807, 2.05) is 38.1 Å². The molecule has 1 aliphatic rings. The zero-order valence-corrected chi connectivity index (χ0v) is 17.1. The quantitative estimate of drug-likeness (QED) is 0.805. The van der Waals surface area contributed by atoms with E-state index in [0.29, 0.717) is 37.4 Å². The number of aryl methyl sites for hydroxylation is 1. The number of nitrogens with zero attached hydrogens (tertiary/aromatic N) is 1. The molecule has 1 N–H and O–H groups in total. The first-order valence-electron chi connectivity index (χ1n) is 9.52. The molecule has 1 aliphatic heterocycles. The minimum Gasteiger partial charge on any atom is -0.494 e. The molecule has 0 unspecified atom stereocenters. The second kappa shape index (κ2) is 8.65. The Morgan fingerprint density at radius 1 is 1.18 bits per heavy atom. The van der Waals surface area contributed by atoms with Crippen LogP contribution in [0.2, 0.25) is 0 Å². The number of para-hydroxylation sites is 1. The predicted molar refractivity (Wildman–Crippen MR) is 110 cm³/mol. The Morgan fingerprint density at radius 2 is 1.96 bits per heavy atom. The average Bonchev–Trinajstić information content (AvgIpc) is 2.68. The first-order valence-corrected chi connectivity index (χ1v) is 11.1. The number of amides is 1. The lowest BCUT2D eigenvalue weighted by Crippen LogP contribution is -2.38. The molecule has 0 saturated carbocycles. The third-order valence-corrected chi connectivity index (χ3v) is 6.66. The molecule has 3 rings (SSSR count). The molecular formula is C21H26N2O4S. The third kappa shape index (κ3) is 4.47. The van der Waals surface area contributed by atoms with E-state index in [9.17, 15) is 13.2 Å². The highest BCUT2D eigenvalue weighted by molar-refractivity contribution is 7.92. The van der Waals surface area contributed by atoms with Crippen molar-refractivity contribution in [3.63, 3.8) is 0 Å². The Morgan fingerprint density at radius 3 is 2.71 bits per heavy atom. The van der Waals surface area contributed by atoms with Crippen LogP contribution >= 0.6 is 0 Å². The fourth-order valence-corrected chi connectivity index (χ4v) is 5.00. The Bertz CT molecular complexity index is 957. The van der Waals surface area contributed by atoms with Gasteiger partial charge in [-0.25, -0.2) is 8.42 Å². The highest BCUT2D eigenvalue weighted by atomic mass is 32.2. The van der Waals surface area contributed by atoms with Crippen molar-refractivity contribution in [2.75, 3.05) is 23.2 Å². The summed E-state index contributed by atoms with van der Waals surface area (Å²) in [6.07, 6.45) is 1.50. The van der Waals surface area contributed by atoms with Gasteiger partial charge in [-0.05, 0) is 50.5 Å². The molecule has 0 atom stereocenters. The second-order valence-corrected chi connectivity index (χ2v) is 8.83. The summed E-state index contributed by atoms with van der Waals surface area (Å²) >= 11 is 0. The summed E-state index contributed by atoms with van der Waals surface area (Å²) in [5.74, 6) is 0.646. The zero-order chi connectivity index (χ0) is 20.1. The topological polar surface area (TPSA) is 75.7 Å². The molecular weight excluding hydrogens is 376 g/mol. The van der Waals surface area contributed by atoms with Gasteiger partial charge in [-0.15, -0.1) is 0 Å². The van der Waals surface area contributed by atoms with Gasteiger partial charge in [-0.3, -0.25) is 9.10 Å². The van der Waals surface area contributed by atoms with Crippen LogP contribution < -0.4 is 14.4 Å². The van der Waals surface area contributed by atoms with Gasteiger partial charge >= 0.3 is 0 Å². The molecule has 2 aromatic rings. The molecule has 0 spiro atoms. The molecule has 6 nitrogen and oxygen atoms in total. The molecule has 0 aromatic heterocycles. The van der Waals surface area contributed by atoms with Crippen molar-refractivity contribution in [3.8, 4) is 5.75 Å². The molecule has 2 aromatic carbocycles. The van der Waals surface area contributed by atoms with Crippen LogP contribution in [0.5, 0.6) is 5.75 Å². The van der Waals surface area contributed by atoms with Gasteiger partial charge in [-0.2, -0.15) is 0 Å². The predicted octanol–water partition coefficient (Wildman–Crippen LogP) is 3.25. The van der Waals surface area contributed by atoms with E-state index in [0.717, 1.165) is 23.3 Å². The van der Waals surface area contributed by atoms with Gasteiger partial charge < -0.3 is 10.1 Å². The van der Waals surface area contributed by atoms with E-state index >= 15 is 0 Å². The molecule has 1 fully saturated rings. The van der Waals surface area contributed by atoms with Crippen molar-refractivity contribution in [3.05, 3.63) is 59.2 Å². The number of carbonyl (C=O) groups is 1. The summed E-state index contributed by atoms with van der Waals surface area (Å²) in [7, 11) is -3.32. The van der Waals surface area contributed by atoms with Gasteiger partial charge in [0.25, 0.3) is 5.91 Å². The van der Waals surface area contributed by atoms with Crippen molar-refractivity contribution < 1.29 is 17.9 Å². The summed E-state index contributed by atoms with van der Waals surface area (Å²) in [6.45, 7) is 5.12. The van der Waals surface area contributed by atoms with E-state index in [4.69, 9.17) is 4.74 Å². The maximum absolute atomic E-state index is 12.7. The fourth-order valence-electron chi connectivity index (χ4n) is 3.30. The molecule has 1 saturated heterocycles. The first-order chi connectivity index (χ1) is 13.4. The van der Waals surface area contributed by atoms with Gasteiger partial charge in [0.2, 0.25) is 10.0 Å². The van der Waals surface area contributed by atoms with Crippen molar-refractivity contribution in [2.24, 2.45) is 0 Å². The Labute approximate surface area is 166 Å². The maximum atomic E-state index is 12.7. The van der Waals surface area contributed by atoms with E-state index in [1.54, 1.807) is 18.2 Å². The molecule has 7 heteroatoms. The van der Waals surface area contributed by atoms with Crippen molar-refractivity contribution in [1.29, 1.82) is 0 Å². The van der Waals surface area contributed by atoms with E-state index in [1.165, 1.54) is 4.31 Å². The summed E-state index contributed by atoms with van der Waals surface area (Å²) in [5, 5.41) is 2.90. The number of ether oxygens (including phenoxy) is 1. The zero-order valence-electron chi connectivity index (χ0n) is 16.3. The second-order valence-electron chi connectivity index (χ2n) is 6.82. The third-order valence-electron chi connectivity index (χ3n) is 4.80.